The molecule has 0 aliphatic rings. The van der Waals surface area contributed by atoms with Gasteiger partial charge in [-0.3, -0.25) is 14.8 Å². The molecule has 0 saturated carbocycles. The zero-order valence-corrected chi connectivity index (χ0v) is 18.5. The molecule has 8 nitrogen and oxygen atoms in total. The van der Waals surface area contributed by atoms with Crippen molar-refractivity contribution in [1.29, 1.82) is 0 Å². The van der Waals surface area contributed by atoms with E-state index in [4.69, 9.17) is 4.74 Å². The van der Waals surface area contributed by atoms with E-state index in [1.165, 1.54) is 47.3 Å². The van der Waals surface area contributed by atoms with Gasteiger partial charge in [-0.2, -0.15) is 18.3 Å². The van der Waals surface area contributed by atoms with E-state index in [2.05, 4.69) is 5.10 Å². The van der Waals surface area contributed by atoms with Crippen LogP contribution < -0.4 is 0 Å². The number of aromatic nitrogens is 2. The first-order chi connectivity index (χ1) is 15.7. The zero-order valence-electron chi connectivity index (χ0n) is 18.5. The summed E-state index contributed by atoms with van der Waals surface area (Å²) in [5.74, 6) is 0. The van der Waals surface area contributed by atoms with Crippen molar-refractivity contribution in [3.8, 4) is 11.3 Å². The molecule has 0 saturated heterocycles. The Morgan fingerprint density at radius 1 is 1.03 bits per heavy atom. The highest BCUT2D eigenvalue weighted by molar-refractivity contribution is 5.61. The maximum atomic E-state index is 13.0. The molecule has 1 aromatic heterocycles. The fourth-order valence-corrected chi connectivity index (χ4v) is 3.75. The molecule has 0 aliphatic carbocycles. The summed E-state index contributed by atoms with van der Waals surface area (Å²) < 4.78 is 45.7. The SMILES string of the molecule is CC(C)(C)C(Cn1nccc1-c1ccc(C(F)(F)F)cc1)(OC(=O)O)c1ccc([N+](=O)[O-])cc1. The molecule has 1 N–H and O–H groups in total. The number of hydrogen-bond donors (Lipinski definition) is 1. The molecule has 0 fully saturated rings. The fourth-order valence-electron chi connectivity index (χ4n) is 3.75. The molecule has 0 amide bonds. The van der Waals surface area contributed by atoms with Crippen LogP contribution in [0, 0.1) is 15.5 Å². The normalized spacial score (nSPS) is 13.8. The second-order valence-electron chi connectivity index (χ2n) is 8.70. The Bertz CT molecular complexity index is 1180. The molecule has 0 bridgehead atoms. The van der Waals surface area contributed by atoms with E-state index in [0.717, 1.165) is 12.1 Å². The third kappa shape index (κ3) is 4.87. The molecule has 2 aromatic carbocycles. The van der Waals surface area contributed by atoms with E-state index in [0.29, 0.717) is 16.8 Å². The number of nitro benzene ring substituents is 1. The van der Waals surface area contributed by atoms with Gasteiger partial charge in [0.05, 0.1) is 22.7 Å². The molecule has 1 unspecified atom stereocenters. The van der Waals surface area contributed by atoms with E-state index < -0.39 is 33.8 Å². The van der Waals surface area contributed by atoms with E-state index in [-0.39, 0.29) is 12.2 Å². The number of non-ortho nitro benzene ring substituents is 1. The van der Waals surface area contributed by atoms with E-state index >= 15 is 0 Å². The standard InChI is InChI=1S/C23H22F3N3O5/c1-21(2,3)22(34-20(30)31,16-8-10-18(11-9-16)29(32)33)14-28-19(12-13-27-28)15-4-6-17(7-5-15)23(24,25)26/h4-13H,14H2,1-3H3,(H,30,31). The average Bonchev–Trinajstić information content (AvgIpc) is 3.19. The number of halogens is 3. The van der Waals surface area contributed by atoms with Crippen molar-refractivity contribution < 1.29 is 32.7 Å². The number of hydrogen-bond acceptors (Lipinski definition) is 5. The molecule has 180 valence electrons. The molecule has 0 aliphatic heterocycles. The summed E-state index contributed by atoms with van der Waals surface area (Å²) in [4.78, 5) is 22.3. The van der Waals surface area contributed by atoms with Crippen LogP contribution in [0.5, 0.6) is 0 Å². The molecule has 34 heavy (non-hydrogen) atoms. The van der Waals surface area contributed by atoms with Gasteiger partial charge in [0, 0.05) is 23.7 Å². The van der Waals surface area contributed by atoms with Crippen LogP contribution in [0.4, 0.5) is 23.7 Å². The molecule has 3 rings (SSSR count). The lowest BCUT2D eigenvalue weighted by atomic mass is 9.71. The summed E-state index contributed by atoms with van der Waals surface area (Å²) in [5, 5.41) is 24.9. The summed E-state index contributed by atoms with van der Waals surface area (Å²) in [6.45, 7) is 5.11. The maximum Gasteiger partial charge on any atom is 0.506 e. The average molecular weight is 477 g/mol. The minimum Gasteiger partial charge on any atom is -0.450 e. The Hall–Kier alpha value is -3.89. The van der Waals surface area contributed by atoms with Crippen molar-refractivity contribution in [2.24, 2.45) is 5.41 Å². The molecule has 0 radical (unpaired) electrons. The topological polar surface area (TPSA) is 107 Å². The predicted molar refractivity (Wildman–Crippen MR) is 116 cm³/mol. The summed E-state index contributed by atoms with van der Waals surface area (Å²) >= 11 is 0. The summed E-state index contributed by atoms with van der Waals surface area (Å²) in [6.07, 6.45) is -4.60. The molecule has 11 heteroatoms. The third-order valence-corrected chi connectivity index (χ3v) is 5.61. The molecular formula is C23H22F3N3O5. The Morgan fingerprint density at radius 2 is 1.59 bits per heavy atom. The first-order valence-corrected chi connectivity index (χ1v) is 10.1. The number of rotatable bonds is 6. The Balaban J connectivity index is 2.11. The van der Waals surface area contributed by atoms with Gasteiger partial charge in [0.2, 0.25) is 0 Å². The van der Waals surface area contributed by atoms with Crippen molar-refractivity contribution in [3.63, 3.8) is 0 Å². The van der Waals surface area contributed by atoms with Gasteiger partial charge >= 0.3 is 12.3 Å². The Morgan fingerprint density at radius 3 is 2.06 bits per heavy atom. The lowest BCUT2D eigenvalue weighted by molar-refractivity contribution is -0.384. The third-order valence-electron chi connectivity index (χ3n) is 5.61. The van der Waals surface area contributed by atoms with Crippen LogP contribution >= 0.6 is 0 Å². The highest BCUT2D eigenvalue weighted by atomic mass is 19.4. The number of nitro groups is 1. The van der Waals surface area contributed by atoms with Crippen molar-refractivity contribution in [1.82, 2.24) is 9.78 Å². The minimum absolute atomic E-state index is 0.135. The zero-order chi connectivity index (χ0) is 25.3. The van der Waals surface area contributed by atoms with Crippen molar-refractivity contribution in [3.05, 3.63) is 82.0 Å². The minimum atomic E-state index is -4.48. The number of alkyl halides is 3. The van der Waals surface area contributed by atoms with Gasteiger partial charge in [0.1, 0.15) is 0 Å². The largest absolute Gasteiger partial charge is 0.506 e. The lowest BCUT2D eigenvalue weighted by Gasteiger charge is -2.43. The van der Waals surface area contributed by atoms with Crippen molar-refractivity contribution in [2.75, 3.05) is 0 Å². The van der Waals surface area contributed by atoms with Gasteiger partial charge in [0.15, 0.2) is 5.60 Å². The number of ether oxygens (including phenoxy) is 1. The summed E-state index contributed by atoms with van der Waals surface area (Å²) in [7, 11) is 0. The van der Waals surface area contributed by atoms with Crippen LogP contribution in [0.3, 0.4) is 0 Å². The smallest absolute Gasteiger partial charge is 0.450 e. The number of nitrogens with zero attached hydrogens (tertiary/aromatic N) is 3. The fraction of sp³-hybridized carbons (Fsp3) is 0.304. The quantitative estimate of drug-likeness (QED) is 0.261. The van der Waals surface area contributed by atoms with Crippen LogP contribution in [-0.2, 0) is 23.1 Å². The van der Waals surface area contributed by atoms with Gasteiger partial charge in [-0.05, 0) is 41.5 Å². The van der Waals surface area contributed by atoms with E-state index in [1.807, 2.05) is 0 Å². The lowest BCUT2D eigenvalue weighted by Crippen LogP contribution is -2.47. The monoisotopic (exact) mass is 477 g/mol. The second kappa shape index (κ2) is 8.81. The van der Waals surface area contributed by atoms with Crippen LogP contribution in [-0.4, -0.2) is 26.0 Å². The number of carbonyl (C=O) groups is 1. The van der Waals surface area contributed by atoms with Crippen LogP contribution in [0.1, 0.15) is 31.9 Å². The first-order valence-electron chi connectivity index (χ1n) is 10.1. The van der Waals surface area contributed by atoms with Gasteiger partial charge in [0.25, 0.3) is 5.69 Å². The van der Waals surface area contributed by atoms with Crippen LogP contribution in [0.15, 0.2) is 60.8 Å². The highest BCUT2D eigenvalue weighted by Crippen LogP contribution is 2.45. The summed E-state index contributed by atoms with van der Waals surface area (Å²) in [6, 6.07) is 11.5. The molecule has 1 atom stereocenters. The Labute approximate surface area is 192 Å². The molecule has 1 heterocycles. The van der Waals surface area contributed by atoms with Crippen LogP contribution in [0.2, 0.25) is 0 Å². The van der Waals surface area contributed by atoms with Gasteiger partial charge < -0.3 is 9.84 Å². The second-order valence-corrected chi connectivity index (χ2v) is 8.70. The highest BCUT2D eigenvalue weighted by Gasteiger charge is 2.48. The van der Waals surface area contributed by atoms with E-state index in [1.54, 1.807) is 26.8 Å². The van der Waals surface area contributed by atoms with Crippen molar-refractivity contribution >= 4 is 11.8 Å². The number of carboxylic acid groups (broad SMARTS) is 1. The molecular weight excluding hydrogens is 455 g/mol. The van der Waals surface area contributed by atoms with Gasteiger partial charge in [-0.25, -0.2) is 4.79 Å². The van der Waals surface area contributed by atoms with Gasteiger partial charge in [-0.1, -0.05) is 32.9 Å². The van der Waals surface area contributed by atoms with Crippen LogP contribution in [0.25, 0.3) is 11.3 Å². The van der Waals surface area contributed by atoms with Crippen molar-refractivity contribution in [2.45, 2.75) is 39.1 Å². The summed E-state index contributed by atoms with van der Waals surface area (Å²) in [5.41, 5.74) is -2.13. The molecule has 3 aromatic rings. The predicted octanol–water partition coefficient (Wildman–Crippen LogP) is 6.11. The maximum absolute atomic E-state index is 13.0. The first kappa shape index (κ1) is 24.7. The van der Waals surface area contributed by atoms with E-state index in [9.17, 15) is 33.2 Å². The van der Waals surface area contributed by atoms with Gasteiger partial charge in [-0.15, -0.1) is 0 Å². The Kier molecular flexibility index (Phi) is 6.41. The number of benzene rings is 2. The molecule has 0 spiro atoms.